The van der Waals surface area contributed by atoms with E-state index in [1.54, 1.807) is 18.9 Å². The molecule has 0 atom stereocenters. The number of rotatable bonds is 3. The van der Waals surface area contributed by atoms with E-state index in [1.807, 2.05) is 0 Å². The van der Waals surface area contributed by atoms with Crippen LogP contribution in [0.5, 0.6) is 0 Å². The van der Waals surface area contributed by atoms with Crippen LogP contribution < -0.4 is 0 Å². The van der Waals surface area contributed by atoms with E-state index in [2.05, 4.69) is 52.4 Å². The number of fused-ring (bicyclic) bond motifs is 2. The summed E-state index contributed by atoms with van der Waals surface area (Å²) in [5, 5.41) is 3.68. The molecule has 0 N–H and O–H groups in total. The van der Waals surface area contributed by atoms with Crippen molar-refractivity contribution in [3.63, 3.8) is 0 Å². The molecule has 0 spiro atoms. The smallest absolute Gasteiger partial charge is 0.168 e. The largest absolute Gasteiger partial charge is 0.379 e. The summed E-state index contributed by atoms with van der Waals surface area (Å²) in [6.07, 6.45) is 0. The van der Waals surface area contributed by atoms with Crippen molar-refractivity contribution in [1.82, 2.24) is 4.90 Å². The van der Waals surface area contributed by atoms with Gasteiger partial charge in [0.25, 0.3) is 0 Å². The van der Waals surface area contributed by atoms with Gasteiger partial charge in [0.05, 0.1) is 18.8 Å². The van der Waals surface area contributed by atoms with Crippen LogP contribution in [0, 0.1) is 0 Å². The van der Waals surface area contributed by atoms with Gasteiger partial charge >= 0.3 is 0 Å². The summed E-state index contributed by atoms with van der Waals surface area (Å²) in [6, 6.07) is 15.0. The number of hydrogen-bond donors (Lipinski definition) is 0. The maximum Gasteiger partial charge on any atom is 0.168 e. The number of methoxy groups -OCH3 is 1. The molecule has 0 aliphatic carbocycles. The summed E-state index contributed by atoms with van der Waals surface area (Å²) in [6.45, 7) is 2.49. The fraction of sp³-hybridized carbons (Fsp3) is 0.235. The highest BCUT2D eigenvalue weighted by Crippen LogP contribution is 2.43. The molecule has 0 saturated carbocycles. The van der Waals surface area contributed by atoms with Gasteiger partial charge in [-0.25, -0.2) is 0 Å². The topological polar surface area (TPSA) is 24.8 Å². The van der Waals surface area contributed by atoms with Crippen LogP contribution in [-0.2, 0) is 4.74 Å². The van der Waals surface area contributed by atoms with Crippen LogP contribution in [0.4, 0.5) is 0 Å². The summed E-state index contributed by atoms with van der Waals surface area (Å²) in [5.74, 6) is 0. The van der Waals surface area contributed by atoms with E-state index in [1.165, 1.54) is 26.9 Å². The molecule has 2 aliphatic heterocycles. The SMILES string of the molecule is COCC1=C(c2cccc3ccccc23)N2CCN=C2S1. The molecule has 106 valence electrons. The molecule has 0 amide bonds. The van der Waals surface area contributed by atoms with Gasteiger partial charge in [0.15, 0.2) is 5.17 Å². The van der Waals surface area contributed by atoms with E-state index in [0.29, 0.717) is 6.61 Å². The van der Waals surface area contributed by atoms with Crippen LogP contribution in [-0.4, -0.2) is 36.9 Å². The second-order valence-corrected chi connectivity index (χ2v) is 6.21. The average molecular weight is 296 g/mol. The van der Waals surface area contributed by atoms with E-state index in [4.69, 9.17) is 4.74 Å². The lowest BCUT2D eigenvalue weighted by molar-refractivity contribution is 0.231. The van der Waals surface area contributed by atoms with Crippen LogP contribution in [0.15, 0.2) is 52.4 Å². The summed E-state index contributed by atoms with van der Waals surface area (Å²) < 4.78 is 5.39. The van der Waals surface area contributed by atoms with Crippen molar-refractivity contribution in [3.8, 4) is 0 Å². The van der Waals surface area contributed by atoms with Gasteiger partial charge in [-0.1, -0.05) is 54.2 Å². The molecule has 2 aromatic rings. The molecular formula is C17H16N2OS. The molecule has 0 aromatic heterocycles. The molecule has 0 bridgehead atoms. The number of thioether (sulfide) groups is 1. The Bertz CT molecular complexity index is 761. The molecular weight excluding hydrogens is 280 g/mol. The van der Waals surface area contributed by atoms with Gasteiger partial charge < -0.3 is 9.64 Å². The Balaban J connectivity index is 1.92. The van der Waals surface area contributed by atoms with Crippen molar-refractivity contribution in [2.24, 2.45) is 4.99 Å². The van der Waals surface area contributed by atoms with Crippen molar-refractivity contribution in [3.05, 3.63) is 52.9 Å². The summed E-state index contributed by atoms with van der Waals surface area (Å²) >= 11 is 1.75. The monoisotopic (exact) mass is 296 g/mol. The molecule has 0 radical (unpaired) electrons. The minimum Gasteiger partial charge on any atom is -0.379 e. The zero-order valence-electron chi connectivity index (χ0n) is 11.9. The summed E-state index contributed by atoms with van der Waals surface area (Å²) in [4.78, 5) is 8.19. The number of amidine groups is 1. The van der Waals surface area contributed by atoms with Crippen molar-refractivity contribution in [1.29, 1.82) is 0 Å². The van der Waals surface area contributed by atoms with E-state index in [0.717, 1.165) is 18.3 Å². The minimum absolute atomic E-state index is 0.638. The second-order valence-electron chi connectivity index (χ2n) is 5.15. The highest BCUT2D eigenvalue weighted by molar-refractivity contribution is 8.17. The predicted octanol–water partition coefficient (Wildman–Crippen LogP) is 3.57. The van der Waals surface area contributed by atoms with E-state index < -0.39 is 0 Å². The predicted molar refractivity (Wildman–Crippen MR) is 89.3 cm³/mol. The quantitative estimate of drug-likeness (QED) is 0.865. The molecule has 2 aromatic carbocycles. The molecule has 0 saturated heterocycles. The van der Waals surface area contributed by atoms with Gasteiger partial charge in [-0.05, 0) is 10.8 Å². The molecule has 2 heterocycles. The first-order valence-corrected chi connectivity index (χ1v) is 7.90. The Morgan fingerprint density at radius 3 is 2.95 bits per heavy atom. The molecule has 2 aliphatic rings. The Morgan fingerprint density at radius 2 is 2.05 bits per heavy atom. The van der Waals surface area contributed by atoms with Gasteiger partial charge in [0, 0.05) is 24.1 Å². The molecule has 3 nitrogen and oxygen atoms in total. The highest BCUT2D eigenvalue weighted by Gasteiger charge is 2.33. The van der Waals surface area contributed by atoms with Crippen molar-refractivity contribution in [2.45, 2.75) is 0 Å². The minimum atomic E-state index is 0.638. The van der Waals surface area contributed by atoms with Gasteiger partial charge in [0.1, 0.15) is 0 Å². The normalized spacial score (nSPS) is 17.6. The zero-order chi connectivity index (χ0) is 14.2. The van der Waals surface area contributed by atoms with Crippen LogP contribution in [0.1, 0.15) is 5.56 Å². The Labute approximate surface area is 128 Å². The Morgan fingerprint density at radius 1 is 1.19 bits per heavy atom. The lowest BCUT2D eigenvalue weighted by Crippen LogP contribution is -2.20. The zero-order valence-corrected chi connectivity index (χ0v) is 12.7. The lowest BCUT2D eigenvalue weighted by Gasteiger charge is -2.19. The summed E-state index contributed by atoms with van der Waals surface area (Å²) in [5.41, 5.74) is 2.55. The molecule has 4 heteroatoms. The van der Waals surface area contributed by atoms with Gasteiger partial charge in [0.2, 0.25) is 0 Å². The van der Waals surface area contributed by atoms with E-state index in [-0.39, 0.29) is 0 Å². The first-order valence-electron chi connectivity index (χ1n) is 7.08. The fourth-order valence-electron chi connectivity index (χ4n) is 2.99. The van der Waals surface area contributed by atoms with Crippen molar-refractivity contribution < 1.29 is 4.74 Å². The van der Waals surface area contributed by atoms with Crippen molar-refractivity contribution >= 4 is 33.4 Å². The second kappa shape index (κ2) is 5.20. The number of aliphatic imine (C=N–C) groups is 1. The Hall–Kier alpha value is -1.78. The fourth-order valence-corrected chi connectivity index (χ4v) is 4.15. The van der Waals surface area contributed by atoms with Gasteiger partial charge in [-0.15, -0.1) is 0 Å². The molecule has 0 fully saturated rings. The number of hydrogen-bond acceptors (Lipinski definition) is 4. The molecule has 0 unspecified atom stereocenters. The van der Waals surface area contributed by atoms with Gasteiger partial charge in [-0.3, -0.25) is 4.99 Å². The summed E-state index contributed by atoms with van der Waals surface area (Å²) in [7, 11) is 1.75. The van der Waals surface area contributed by atoms with Crippen LogP contribution in [0.2, 0.25) is 0 Å². The van der Waals surface area contributed by atoms with E-state index in [9.17, 15) is 0 Å². The number of benzene rings is 2. The average Bonchev–Trinajstić information content (AvgIpc) is 3.08. The third kappa shape index (κ3) is 2.06. The highest BCUT2D eigenvalue weighted by atomic mass is 32.2. The third-order valence-corrected chi connectivity index (χ3v) is 4.96. The standard InChI is InChI=1S/C17H16N2OS/c1-20-11-15-16(19-10-9-18-17(19)21-15)14-8-4-6-12-5-2-3-7-13(12)14/h2-8H,9-11H2,1H3. The number of nitrogens with zero attached hydrogens (tertiary/aromatic N) is 2. The van der Waals surface area contributed by atoms with Crippen molar-refractivity contribution in [2.75, 3.05) is 26.8 Å². The van der Waals surface area contributed by atoms with Crippen LogP contribution >= 0.6 is 11.8 Å². The van der Waals surface area contributed by atoms with Gasteiger partial charge in [-0.2, -0.15) is 0 Å². The third-order valence-electron chi connectivity index (χ3n) is 3.87. The number of ether oxygens (including phenoxy) is 1. The maximum atomic E-state index is 5.39. The molecule has 4 rings (SSSR count). The molecule has 21 heavy (non-hydrogen) atoms. The first-order chi connectivity index (χ1) is 10.4. The Kier molecular flexibility index (Phi) is 3.20. The lowest BCUT2D eigenvalue weighted by atomic mass is 10.0. The van der Waals surface area contributed by atoms with Crippen LogP contribution in [0.3, 0.4) is 0 Å². The first kappa shape index (κ1) is 12.9. The maximum absolute atomic E-state index is 5.39. The van der Waals surface area contributed by atoms with E-state index >= 15 is 0 Å². The van der Waals surface area contributed by atoms with Crippen LogP contribution in [0.25, 0.3) is 16.5 Å².